The molecule has 0 aromatic heterocycles. The molecule has 0 saturated carbocycles. The molecule has 6 nitrogen and oxygen atoms in total. The molecule has 0 amide bonds. The van der Waals surface area contributed by atoms with Crippen molar-refractivity contribution in [3.63, 3.8) is 0 Å². The number of nitrogens with zero attached hydrogens (tertiary/aromatic N) is 2. The first-order valence-electron chi connectivity index (χ1n) is 17.7. The van der Waals surface area contributed by atoms with Crippen LogP contribution in [-0.4, -0.2) is 28.4 Å². The molecular weight excluding hydrogens is 712 g/mol. The van der Waals surface area contributed by atoms with E-state index in [1.54, 1.807) is 28.4 Å². The summed E-state index contributed by atoms with van der Waals surface area (Å²) in [5.41, 5.74) is 13.1. The Morgan fingerprint density at radius 3 is 1.07 bits per heavy atom. The second-order valence-electron chi connectivity index (χ2n) is 12.9. The van der Waals surface area contributed by atoms with Crippen molar-refractivity contribution in [2.75, 3.05) is 38.2 Å². The standard InChI is InChI=1S/C47H39N2O4.Fe/c1-50-39-19-9-33(10-20-39)48(34-11-21-40(51-2)22-12-34)37-17-27-43-44-28-18-38(31-47(44)45(46(43)30-37)29-32-7-5-6-8-32)49(35-13-23-41(52-3)24-14-35)36-15-25-42(53-4)26-16-36;/h5,7,9-31H,6H2,1-4H3;. The van der Waals surface area contributed by atoms with E-state index in [0.717, 1.165) is 90.3 Å². The molecule has 0 fully saturated rings. The molecule has 0 heterocycles. The van der Waals surface area contributed by atoms with E-state index >= 15 is 0 Å². The summed E-state index contributed by atoms with van der Waals surface area (Å²) in [6, 6.07) is 46.2. The SMILES string of the molecule is COc1ccc(N(c2ccc(OC)cc2)c2ccc3c(c2)C(=CC2=[C]([Fe])CC=C2)c2cc(N(c4ccc(OC)cc4)c4ccc(OC)cc4)ccc2-3)cc1. The number of hydrogen-bond acceptors (Lipinski definition) is 6. The van der Waals surface area contributed by atoms with Crippen molar-refractivity contribution in [2.24, 2.45) is 0 Å². The summed E-state index contributed by atoms with van der Waals surface area (Å²) in [6.45, 7) is 0. The van der Waals surface area contributed by atoms with Gasteiger partial charge in [-0.15, -0.1) is 0 Å². The van der Waals surface area contributed by atoms with Gasteiger partial charge in [-0.25, -0.2) is 0 Å². The third-order valence-corrected chi connectivity index (χ3v) is 10.5. The molecule has 0 unspecified atom stereocenters. The number of fused-ring (bicyclic) bond motifs is 3. The van der Waals surface area contributed by atoms with E-state index in [1.165, 1.54) is 11.1 Å². The van der Waals surface area contributed by atoms with Crippen molar-refractivity contribution in [2.45, 2.75) is 6.42 Å². The fraction of sp³-hybridized carbons (Fsp3) is 0.106. The van der Waals surface area contributed by atoms with Crippen molar-refractivity contribution < 1.29 is 35.0 Å². The fourth-order valence-electron chi connectivity index (χ4n) is 7.15. The maximum atomic E-state index is 5.50. The normalized spacial score (nSPS) is 12.6. The molecular formula is C47H39FeN2O4. The molecule has 0 bridgehead atoms. The second-order valence-corrected chi connectivity index (χ2v) is 13.6. The molecule has 2 aliphatic rings. The molecule has 6 aromatic rings. The number of ether oxygens (including phenoxy) is 4. The van der Waals surface area contributed by atoms with Gasteiger partial charge in [-0.3, -0.25) is 0 Å². The first-order valence-corrected chi connectivity index (χ1v) is 18.2. The van der Waals surface area contributed by atoms with Crippen LogP contribution in [0.15, 0.2) is 162 Å². The first kappa shape index (κ1) is 34.9. The van der Waals surface area contributed by atoms with E-state index < -0.39 is 0 Å². The first-order chi connectivity index (χ1) is 26.5. The molecule has 0 aliphatic heterocycles. The van der Waals surface area contributed by atoms with Gasteiger partial charge in [0.1, 0.15) is 0 Å². The summed E-state index contributed by atoms with van der Waals surface area (Å²) in [5, 5.41) is 0. The van der Waals surface area contributed by atoms with Crippen molar-refractivity contribution in [3.05, 3.63) is 173 Å². The summed E-state index contributed by atoms with van der Waals surface area (Å²) in [7, 11) is 6.75. The van der Waals surface area contributed by atoms with Crippen LogP contribution in [0.3, 0.4) is 0 Å². The molecule has 0 saturated heterocycles. The number of benzene rings is 6. The Bertz CT molecular complexity index is 2150. The minimum atomic E-state index is 0.805. The van der Waals surface area contributed by atoms with Crippen molar-refractivity contribution in [1.82, 2.24) is 0 Å². The number of hydrogen-bond donors (Lipinski definition) is 0. The zero-order chi connectivity index (χ0) is 37.2. The summed E-state index contributed by atoms with van der Waals surface area (Å²) in [5.74, 6) is 3.22. The van der Waals surface area contributed by atoms with Gasteiger partial charge in [-0.2, -0.15) is 0 Å². The second kappa shape index (κ2) is 15.1. The Hall–Kier alpha value is -6.14. The minimum absolute atomic E-state index is 0.805. The van der Waals surface area contributed by atoms with Gasteiger partial charge in [0, 0.05) is 0 Å². The third kappa shape index (κ3) is 6.64. The van der Waals surface area contributed by atoms with Crippen LogP contribution in [0.4, 0.5) is 34.1 Å². The molecule has 8 rings (SSSR count). The van der Waals surface area contributed by atoms with E-state index in [2.05, 4.69) is 129 Å². The van der Waals surface area contributed by atoms with Crippen molar-refractivity contribution >= 4 is 39.7 Å². The van der Waals surface area contributed by atoms with Gasteiger partial charge in [-0.1, -0.05) is 0 Å². The van der Waals surface area contributed by atoms with Crippen molar-refractivity contribution in [3.8, 4) is 34.1 Å². The van der Waals surface area contributed by atoms with E-state index in [9.17, 15) is 0 Å². The topological polar surface area (TPSA) is 43.4 Å². The number of methoxy groups -OCH3 is 4. The average molecular weight is 752 g/mol. The monoisotopic (exact) mass is 751 g/mol. The van der Waals surface area contributed by atoms with Crippen LogP contribution in [0, 0.1) is 0 Å². The van der Waals surface area contributed by atoms with Crippen molar-refractivity contribution in [1.29, 1.82) is 0 Å². The number of allylic oxidation sites excluding steroid dienone is 5. The van der Waals surface area contributed by atoms with Gasteiger partial charge in [0.25, 0.3) is 0 Å². The molecule has 0 N–H and O–H groups in total. The van der Waals surface area contributed by atoms with Crippen LogP contribution in [0.2, 0.25) is 0 Å². The van der Waals surface area contributed by atoms with E-state index in [1.807, 2.05) is 48.5 Å². The van der Waals surface area contributed by atoms with E-state index in [-0.39, 0.29) is 0 Å². The summed E-state index contributed by atoms with van der Waals surface area (Å²) in [4.78, 5) is 4.53. The molecule has 0 radical (unpaired) electrons. The van der Waals surface area contributed by atoms with Crippen LogP contribution in [0.25, 0.3) is 16.7 Å². The van der Waals surface area contributed by atoms with Gasteiger partial charge in [-0.05, 0) is 0 Å². The zero-order valence-electron chi connectivity index (χ0n) is 30.5. The zero-order valence-corrected chi connectivity index (χ0v) is 31.6. The van der Waals surface area contributed by atoms with Crippen LogP contribution in [-0.2, 0) is 16.0 Å². The predicted molar refractivity (Wildman–Crippen MR) is 215 cm³/mol. The summed E-state index contributed by atoms with van der Waals surface area (Å²) >= 11 is 4.39. The Balaban J connectivity index is 1.28. The number of rotatable bonds is 11. The Kier molecular flexibility index (Phi) is 9.75. The predicted octanol–water partition coefficient (Wildman–Crippen LogP) is 11.8. The molecule has 0 atom stereocenters. The Morgan fingerprint density at radius 1 is 0.444 bits per heavy atom. The van der Waals surface area contributed by atoms with E-state index in [4.69, 9.17) is 18.9 Å². The van der Waals surface area contributed by atoms with Gasteiger partial charge < -0.3 is 18.9 Å². The molecule has 6 aromatic carbocycles. The summed E-state index contributed by atoms with van der Waals surface area (Å²) in [6.07, 6.45) is 7.52. The molecule has 54 heavy (non-hydrogen) atoms. The molecule has 269 valence electrons. The summed E-state index contributed by atoms with van der Waals surface area (Å²) < 4.78 is 23.1. The maximum absolute atomic E-state index is 5.50. The third-order valence-electron chi connectivity index (χ3n) is 9.91. The van der Waals surface area contributed by atoms with Gasteiger partial charge in [0.15, 0.2) is 0 Å². The quantitative estimate of drug-likeness (QED) is 0.123. The molecule has 0 spiro atoms. The van der Waals surface area contributed by atoms with Crippen LogP contribution >= 0.6 is 0 Å². The fourth-order valence-corrected chi connectivity index (χ4v) is 7.45. The van der Waals surface area contributed by atoms with Gasteiger partial charge in [0.2, 0.25) is 0 Å². The van der Waals surface area contributed by atoms with Crippen LogP contribution in [0.5, 0.6) is 23.0 Å². The van der Waals surface area contributed by atoms with Gasteiger partial charge >= 0.3 is 279 Å². The molecule has 2 aliphatic carbocycles. The van der Waals surface area contributed by atoms with E-state index in [0.29, 0.717) is 0 Å². The number of anilines is 6. The van der Waals surface area contributed by atoms with Gasteiger partial charge in [0.05, 0.1) is 28.4 Å². The molecule has 7 heteroatoms. The van der Waals surface area contributed by atoms with Crippen LogP contribution < -0.4 is 28.7 Å². The van der Waals surface area contributed by atoms with Crippen LogP contribution in [0.1, 0.15) is 17.5 Å². The Morgan fingerprint density at radius 2 is 0.778 bits per heavy atom. The Labute approximate surface area is 325 Å². The average Bonchev–Trinajstić information content (AvgIpc) is 3.78.